The highest BCUT2D eigenvalue weighted by Crippen LogP contribution is 2.24. The molecule has 2 aliphatic heterocycles. The smallest absolute Gasteiger partial charge is 0.227 e. The van der Waals surface area contributed by atoms with Gasteiger partial charge in [0.05, 0.1) is 17.8 Å². The van der Waals surface area contributed by atoms with Gasteiger partial charge in [0.1, 0.15) is 0 Å². The van der Waals surface area contributed by atoms with Crippen LogP contribution in [0.15, 0.2) is 24.3 Å². The van der Waals surface area contributed by atoms with Gasteiger partial charge in [-0.25, -0.2) is 4.68 Å². The van der Waals surface area contributed by atoms with Gasteiger partial charge in [-0.15, -0.1) is 0 Å². The fourth-order valence-corrected chi connectivity index (χ4v) is 5.18. The van der Waals surface area contributed by atoms with Crippen molar-refractivity contribution in [2.24, 2.45) is 0 Å². The molecule has 1 atom stereocenters. The molecular weight excluding hydrogens is 372 g/mol. The van der Waals surface area contributed by atoms with Crippen molar-refractivity contribution >= 4 is 5.91 Å². The maximum Gasteiger partial charge on any atom is 0.227 e. The lowest BCUT2D eigenvalue weighted by Gasteiger charge is -2.40. The van der Waals surface area contributed by atoms with E-state index in [2.05, 4.69) is 35.8 Å². The van der Waals surface area contributed by atoms with E-state index in [-0.39, 0.29) is 5.91 Å². The fourth-order valence-electron chi connectivity index (χ4n) is 5.18. The van der Waals surface area contributed by atoms with Crippen molar-refractivity contribution in [3.63, 3.8) is 0 Å². The summed E-state index contributed by atoms with van der Waals surface area (Å²) in [6.07, 6.45) is 7.93. The lowest BCUT2D eigenvalue weighted by atomic mass is 9.99. The predicted octanol–water partition coefficient (Wildman–Crippen LogP) is 4.21. The van der Waals surface area contributed by atoms with Crippen molar-refractivity contribution < 1.29 is 4.79 Å². The average Bonchev–Trinajstić information content (AvgIpc) is 3.03. The number of carbonyl (C=O) groups excluding carboxylic acids is 1. The summed E-state index contributed by atoms with van der Waals surface area (Å²) in [7, 11) is 0. The molecule has 0 unspecified atom stereocenters. The molecule has 5 heteroatoms. The molecule has 2 saturated heterocycles. The number of para-hydroxylation sites is 1. The van der Waals surface area contributed by atoms with Crippen LogP contribution in [0.5, 0.6) is 0 Å². The Labute approximate surface area is 181 Å². The van der Waals surface area contributed by atoms with Crippen LogP contribution in [-0.2, 0) is 11.2 Å². The topological polar surface area (TPSA) is 41.4 Å². The van der Waals surface area contributed by atoms with Gasteiger partial charge >= 0.3 is 0 Å². The Kier molecular flexibility index (Phi) is 6.57. The second-order valence-corrected chi connectivity index (χ2v) is 9.12. The number of hydrogen-bond acceptors (Lipinski definition) is 3. The van der Waals surface area contributed by atoms with E-state index in [0.717, 1.165) is 48.6 Å². The van der Waals surface area contributed by atoms with Crippen LogP contribution in [-0.4, -0.2) is 57.7 Å². The van der Waals surface area contributed by atoms with Crippen molar-refractivity contribution in [1.82, 2.24) is 19.6 Å². The molecule has 1 aromatic carbocycles. The average molecular weight is 409 g/mol. The van der Waals surface area contributed by atoms with Crippen LogP contribution in [0, 0.1) is 20.8 Å². The van der Waals surface area contributed by atoms with Gasteiger partial charge in [-0.3, -0.25) is 4.79 Å². The summed E-state index contributed by atoms with van der Waals surface area (Å²) in [4.78, 5) is 18.2. The number of hydrogen-bond donors (Lipinski definition) is 0. The Morgan fingerprint density at radius 1 is 1.00 bits per heavy atom. The van der Waals surface area contributed by atoms with Gasteiger partial charge in [0.15, 0.2) is 0 Å². The first-order valence-corrected chi connectivity index (χ1v) is 11.7. The van der Waals surface area contributed by atoms with Crippen molar-refractivity contribution in [1.29, 1.82) is 0 Å². The van der Waals surface area contributed by atoms with Crippen LogP contribution in [0.25, 0.3) is 5.69 Å². The molecule has 0 aliphatic carbocycles. The van der Waals surface area contributed by atoms with Gasteiger partial charge in [0.25, 0.3) is 0 Å². The molecule has 1 aromatic heterocycles. The second-order valence-electron chi connectivity index (χ2n) is 9.12. The van der Waals surface area contributed by atoms with Gasteiger partial charge in [-0.2, -0.15) is 5.10 Å². The summed E-state index contributed by atoms with van der Waals surface area (Å²) in [6, 6.07) is 8.67. The number of nitrogens with zero attached hydrogens (tertiary/aromatic N) is 4. The molecule has 0 bridgehead atoms. The summed E-state index contributed by atoms with van der Waals surface area (Å²) < 4.78 is 2.01. The van der Waals surface area contributed by atoms with E-state index < -0.39 is 0 Å². The highest BCUT2D eigenvalue weighted by Gasteiger charge is 2.29. The Hall–Kier alpha value is -2.14. The summed E-state index contributed by atoms with van der Waals surface area (Å²) in [5, 5.41) is 4.79. The molecule has 3 heterocycles. The number of carbonyl (C=O) groups is 1. The molecule has 5 nitrogen and oxygen atoms in total. The molecule has 162 valence electrons. The van der Waals surface area contributed by atoms with Crippen molar-refractivity contribution in [3.05, 3.63) is 46.8 Å². The number of likely N-dealkylation sites (tertiary alicyclic amines) is 2. The Morgan fingerprint density at radius 3 is 2.50 bits per heavy atom. The van der Waals surface area contributed by atoms with Crippen LogP contribution < -0.4 is 0 Å². The fraction of sp³-hybridized carbons (Fsp3) is 0.600. The molecule has 2 aliphatic rings. The Balaban J connectivity index is 1.50. The molecule has 0 radical (unpaired) electrons. The summed E-state index contributed by atoms with van der Waals surface area (Å²) in [6.45, 7) is 10.6. The molecule has 0 N–H and O–H groups in total. The monoisotopic (exact) mass is 408 g/mol. The van der Waals surface area contributed by atoms with Crippen LogP contribution >= 0.6 is 0 Å². The Morgan fingerprint density at radius 2 is 1.73 bits per heavy atom. The van der Waals surface area contributed by atoms with Gasteiger partial charge < -0.3 is 9.80 Å². The van der Waals surface area contributed by atoms with E-state index in [1.165, 1.54) is 44.3 Å². The second kappa shape index (κ2) is 9.34. The van der Waals surface area contributed by atoms with Crippen LogP contribution in [0.3, 0.4) is 0 Å². The molecule has 2 fully saturated rings. The molecule has 0 saturated carbocycles. The van der Waals surface area contributed by atoms with Gasteiger partial charge in [0, 0.05) is 30.4 Å². The van der Waals surface area contributed by atoms with E-state index in [4.69, 9.17) is 5.10 Å². The molecule has 2 aromatic rings. The number of benzene rings is 1. The minimum atomic E-state index is 0.271. The minimum Gasteiger partial charge on any atom is -0.338 e. The Bertz CT molecular complexity index is 881. The number of rotatable bonds is 5. The summed E-state index contributed by atoms with van der Waals surface area (Å²) in [5.41, 5.74) is 5.43. The van der Waals surface area contributed by atoms with Crippen LogP contribution in [0.4, 0.5) is 0 Å². The van der Waals surface area contributed by atoms with E-state index in [0.29, 0.717) is 12.5 Å². The van der Waals surface area contributed by atoms with Crippen LogP contribution in [0.1, 0.15) is 61.0 Å². The highest BCUT2D eigenvalue weighted by molar-refractivity contribution is 5.80. The highest BCUT2D eigenvalue weighted by atomic mass is 16.2. The maximum atomic E-state index is 13.4. The lowest BCUT2D eigenvalue weighted by molar-refractivity contribution is -0.134. The zero-order valence-electron chi connectivity index (χ0n) is 18.9. The molecular formula is C25H36N4O. The van der Waals surface area contributed by atoms with Crippen molar-refractivity contribution in [3.8, 4) is 5.69 Å². The quantitative estimate of drug-likeness (QED) is 0.744. The van der Waals surface area contributed by atoms with E-state index in [9.17, 15) is 4.79 Å². The van der Waals surface area contributed by atoms with Crippen LogP contribution in [0.2, 0.25) is 0 Å². The standard InChI is InChI=1S/C25H36N4O/c1-19-11-5-6-13-24(19)29-21(3)23(20(2)26-29)17-25(30)28-16-10-7-12-22(28)18-27-14-8-4-9-15-27/h5-6,11,13,22H,4,7-10,12,14-18H2,1-3H3/t22-/m1/s1. The van der Waals surface area contributed by atoms with E-state index in [1.807, 2.05) is 23.7 Å². The summed E-state index contributed by atoms with van der Waals surface area (Å²) in [5.74, 6) is 0.271. The van der Waals surface area contributed by atoms with Gasteiger partial charge in [0.2, 0.25) is 5.91 Å². The third-order valence-electron chi connectivity index (χ3n) is 6.98. The molecule has 30 heavy (non-hydrogen) atoms. The number of amides is 1. The number of aryl methyl sites for hydroxylation is 2. The third kappa shape index (κ3) is 4.46. The molecule has 0 spiro atoms. The van der Waals surface area contributed by atoms with Gasteiger partial charge in [-0.1, -0.05) is 24.6 Å². The molecule has 4 rings (SSSR count). The van der Waals surface area contributed by atoms with E-state index >= 15 is 0 Å². The summed E-state index contributed by atoms with van der Waals surface area (Å²) >= 11 is 0. The first-order valence-electron chi connectivity index (χ1n) is 11.7. The van der Waals surface area contributed by atoms with E-state index in [1.54, 1.807) is 0 Å². The lowest BCUT2D eigenvalue weighted by Crippen LogP contribution is -2.50. The largest absolute Gasteiger partial charge is 0.338 e. The van der Waals surface area contributed by atoms with Gasteiger partial charge in [-0.05, 0) is 77.6 Å². The SMILES string of the molecule is Cc1ccccc1-n1nc(C)c(CC(=O)N2CCCC[C@@H]2CN2CCCCC2)c1C. The molecule has 1 amide bonds. The predicted molar refractivity (Wildman–Crippen MR) is 121 cm³/mol. The minimum absolute atomic E-state index is 0.271. The zero-order valence-corrected chi connectivity index (χ0v) is 18.9. The maximum absolute atomic E-state index is 13.4. The third-order valence-corrected chi connectivity index (χ3v) is 6.98. The van der Waals surface area contributed by atoms with Crippen molar-refractivity contribution in [2.75, 3.05) is 26.2 Å². The van der Waals surface area contributed by atoms with Crippen molar-refractivity contribution in [2.45, 2.75) is 71.8 Å². The first kappa shape index (κ1) is 21.1. The normalized spacial score (nSPS) is 20.5. The zero-order chi connectivity index (χ0) is 21.1. The number of piperidine rings is 2. The number of aromatic nitrogens is 2. The first-order chi connectivity index (χ1) is 14.5.